The second-order valence-electron chi connectivity index (χ2n) is 8.71. The molecule has 0 aromatic heterocycles. The van der Waals surface area contributed by atoms with Gasteiger partial charge in [-0.15, -0.1) is 0 Å². The van der Waals surface area contributed by atoms with Gasteiger partial charge in [-0.1, -0.05) is 13.8 Å². The number of hydrogen-bond acceptors (Lipinski definition) is 5. The van der Waals surface area contributed by atoms with E-state index >= 15 is 0 Å². The van der Waals surface area contributed by atoms with Crippen molar-refractivity contribution in [1.29, 1.82) is 0 Å². The zero-order valence-corrected chi connectivity index (χ0v) is 18.2. The van der Waals surface area contributed by atoms with Crippen LogP contribution in [0.25, 0.3) is 0 Å². The van der Waals surface area contributed by atoms with E-state index in [4.69, 9.17) is 9.47 Å². The number of carbonyl (C=O) groups excluding carboxylic acids is 2. The topological polar surface area (TPSA) is 79.9 Å². The Balaban J connectivity index is 1.44. The molecule has 0 radical (unpaired) electrons. The molecule has 0 saturated heterocycles. The smallest absolute Gasteiger partial charge is 0.258 e. The van der Waals surface area contributed by atoms with Crippen molar-refractivity contribution in [1.82, 2.24) is 15.5 Å². The molecular formula is C23H33N3O4. The van der Waals surface area contributed by atoms with E-state index in [1.54, 1.807) is 25.3 Å². The molecule has 164 valence electrons. The van der Waals surface area contributed by atoms with E-state index in [9.17, 15) is 9.59 Å². The van der Waals surface area contributed by atoms with E-state index in [1.807, 2.05) is 0 Å². The number of carbonyl (C=O) groups is 2. The van der Waals surface area contributed by atoms with Crippen LogP contribution in [0.4, 0.5) is 0 Å². The minimum absolute atomic E-state index is 0.00159. The van der Waals surface area contributed by atoms with Gasteiger partial charge in [-0.3, -0.25) is 9.59 Å². The summed E-state index contributed by atoms with van der Waals surface area (Å²) < 4.78 is 11.7. The van der Waals surface area contributed by atoms with Crippen molar-refractivity contribution in [2.24, 2.45) is 17.8 Å². The van der Waals surface area contributed by atoms with Gasteiger partial charge in [0.15, 0.2) is 5.72 Å². The van der Waals surface area contributed by atoms with E-state index in [-0.39, 0.29) is 29.6 Å². The molecule has 1 aromatic rings. The summed E-state index contributed by atoms with van der Waals surface area (Å²) in [5, 5.41) is 6.29. The van der Waals surface area contributed by atoms with Gasteiger partial charge in [-0.2, -0.15) is 0 Å². The Bertz CT molecular complexity index is 810. The lowest BCUT2D eigenvalue weighted by atomic mass is 9.60. The van der Waals surface area contributed by atoms with Crippen LogP contribution in [0.2, 0.25) is 0 Å². The molecular weight excluding hydrogens is 382 g/mol. The summed E-state index contributed by atoms with van der Waals surface area (Å²) in [5.74, 6) is 1.64. The van der Waals surface area contributed by atoms with Crippen LogP contribution < -0.4 is 20.1 Å². The molecule has 1 heterocycles. The number of benzene rings is 1. The molecule has 7 nitrogen and oxygen atoms in total. The van der Waals surface area contributed by atoms with Gasteiger partial charge in [0.2, 0.25) is 5.91 Å². The highest BCUT2D eigenvalue weighted by atomic mass is 16.5. The number of fused-ring (bicyclic) bond motifs is 3. The Morgan fingerprint density at radius 1 is 1.33 bits per heavy atom. The van der Waals surface area contributed by atoms with Crippen molar-refractivity contribution in [3.05, 3.63) is 23.8 Å². The first-order valence-corrected chi connectivity index (χ1v) is 11.2. The zero-order valence-electron chi connectivity index (χ0n) is 18.2. The molecule has 1 aliphatic heterocycles. The number of hydrogen-bond donors (Lipinski definition) is 2. The fourth-order valence-electron chi connectivity index (χ4n) is 5.45. The predicted octanol–water partition coefficient (Wildman–Crippen LogP) is 2.41. The van der Waals surface area contributed by atoms with Crippen molar-refractivity contribution in [3.8, 4) is 11.5 Å². The first-order chi connectivity index (χ1) is 14.5. The fraction of sp³-hybridized carbons (Fsp3) is 0.652. The molecule has 4 aliphatic rings. The van der Waals surface area contributed by atoms with Gasteiger partial charge in [0.25, 0.3) is 5.91 Å². The summed E-state index contributed by atoms with van der Waals surface area (Å²) in [6.45, 7) is 7.81. The Morgan fingerprint density at radius 3 is 2.80 bits per heavy atom. The lowest BCUT2D eigenvalue weighted by molar-refractivity contribution is -0.146. The molecule has 4 atom stereocenters. The lowest BCUT2D eigenvalue weighted by Gasteiger charge is -2.55. The molecule has 2 bridgehead atoms. The standard InChI is InChI=1S/C23H33N3O4/c1-4-26(5-2)11-10-24-21(27)19-12-16-7-6-15(19)14-23(16)25-22(28)18-9-8-17(29-3)13-20(18)30-23/h8-9,13,15-16,19H,4-7,10-12,14H2,1-3H3,(H,24,27)(H,25,28). The number of amides is 2. The van der Waals surface area contributed by atoms with E-state index in [0.717, 1.165) is 38.9 Å². The predicted molar refractivity (Wildman–Crippen MR) is 114 cm³/mol. The van der Waals surface area contributed by atoms with E-state index in [2.05, 4.69) is 29.4 Å². The average molecular weight is 416 g/mol. The Morgan fingerprint density at radius 2 is 2.13 bits per heavy atom. The number of nitrogens with one attached hydrogen (secondary N) is 2. The van der Waals surface area contributed by atoms with Crippen LogP contribution in [0, 0.1) is 17.8 Å². The molecule has 3 saturated carbocycles. The summed E-state index contributed by atoms with van der Waals surface area (Å²) in [6.07, 6.45) is 3.40. The zero-order chi connectivity index (χ0) is 21.3. The van der Waals surface area contributed by atoms with Crippen LogP contribution in [0.1, 0.15) is 49.9 Å². The van der Waals surface area contributed by atoms with Gasteiger partial charge in [0.1, 0.15) is 11.5 Å². The quantitative estimate of drug-likeness (QED) is 0.715. The van der Waals surface area contributed by atoms with Gasteiger partial charge < -0.3 is 25.0 Å². The summed E-state index contributed by atoms with van der Waals surface area (Å²) in [5.41, 5.74) is -0.175. The van der Waals surface area contributed by atoms with Gasteiger partial charge in [-0.05, 0) is 50.4 Å². The van der Waals surface area contributed by atoms with Crippen molar-refractivity contribution in [3.63, 3.8) is 0 Å². The van der Waals surface area contributed by atoms with Gasteiger partial charge >= 0.3 is 0 Å². The molecule has 2 N–H and O–H groups in total. The monoisotopic (exact) mass is 415 g/mol. The molecule has 2 amide bonds. The normalized spacial score (nSPS) is 29.3. The minimum Gasteiger partial charge on any atom is -0.497 e. The molecule has 1 spiro atoms. The summed E-state index contributed by atoms with van der Waals surface area (Å²) in [7, 11) is 1.60. The van der Waals surface area contributed by atoms with Crippen molar-refractivity contribution in [2.45, 2.75) is 45.3 Å². The molecule has 4 unspecified atom stereocenters. The van der Waals surface area contributed by atoms with E-state index in [0.29, 0.717) is 30.0 Å². The third-order valence-electron chi connectivity index (χ3n) is 7.23. The molecule has 5 rings (SSSR count). The molecule has 3 fully saturated rings. The van der Waals surface area contributed by atoms with Crippen LogP contribution >= 0.6 is 0 Å². The maximum atomic E-state index is 12.9. The molecule has 1 aromatic carbocycles. The molecule has 7 heteroatoms. The maximum Gasteiger partial charge on any atom is 0.258 e. The second-order valence-corrected chi connectivity index (χ2v) is 8.71. The van der Waals surface area contributed by atoms with Crippen molar-refractivity contribution in [2.75, 3.05) is 33.3 Å². The van der Waals surface area contributed by atoms with Crippen LogP contribution in [-0.2, 0) is 4.79 Å². The SMILES string of the molecule is CCN(CC)CCNC(=O)C1CC2CCC1CC21NC(=O)c2ccc(OC)cc2O1. The van der Waals surface area contributed by atoms with Crippen LogP contribution in [0.15, 0.2) is 18.2 Å². The summed E-state index contributed by atoms with van der Waals surface area (Å²) in [6, 6.07) is 5.30. The Kier molecular flexibility index (Phi) is 5.91. The second kappa shape index (κ2) is 8.46. The van der Waals surface area contributed by atoms with Crippen molar-refractivity contribution < 1.29 is 19.1 Å². The summed E-state index contributed by atoms with van der Waals surface area (Å²) >= 11 is 0. The van der Waals surface area contributed by atoms with E-state index in [1.165, 1.54) is 0 Å². The van der Waals surface area contributed by atoms with Crippen LogP contribution in [0.3, 0.4) is 0 Å². The summed E-state index contributed by atoms with van der Waals surface area (Å²) in [4.78, 5) is 28.0. The Labute approximate surface area is 178 Å². The van der Waals surface area contributed by atoms with Gasteiger partial charge in [0.05, 0.1) is 12.7 Å². The molecule has 30 heavy (non-hydrogen) atoms. The highest BCUT2D eigenvalue weighted by Gasteiger charge is 2.57. The van der Waals surface area contributed by atoms with Gasteiger partial charge in [0, 0.05) is 37.4 Å². The fourth-order valence-corrected chi connectivity index (χ4v) is 5.45. The number of ether oxygens (including phenoxy) is 2. The lowest BCUT2D eigenvalue weighted by Crippen LogP contribution is -2.67. The average Bonchev–Trinajstić information content (AvgIpc) is 2.76. The third-order valence-corrected chi connectivity index (χ3v) is 7.23. The van der Waals surface area contributed by atoms with Crippen LogP contribution in [0.5, 0.6) is 11.5 Å². The molecule has 3 aliphatic carbocycles. The number of nitrogens with zero attached hydrogens (tertiary/aromatic N) is 1. The highest BCUT2D eigenvalue weighted by molar-refractivity contribution is 5.98. The van der Waals surface area contributed by atoms with E-state index < -0.39 is 5.72 Å². The first-order valence-electron chi connectivity index (χ1n) is 11.2. The minimum atomic E-state index is -0.711. The third kappa shape index (κ3) is 3.75. The Hall–Kier alpha value is -2.28. The highest BCUT2D eigenvalue weighted by Crippen LogP contribution is 2.52. The number of methoxy groups -OCH3 is 1. The van der Waals surface area contributed by atoms with Crippen molar-refractivity contribution >= 4 is 11.8 Å². The van der Waals surface area contributed by atoms with Gasteiger partial charge in [-0.25, -0.2) is 0 Å². The van der Waals surface area contributed by atoms with Crippen LogP contribution in [-0.4, -0.2) is 55.7 Å². The number of rotatable bonds is 7. The number of likely N-dealkylation sites (N-methyl/N-ethyl adjacent to an activating group) is 1. The first kappa shape index (κ1) is 21.0. The maximum absolute atomic E-state index is 12.9. The largest absolute Gasteiger partial charge is 0.497 e.